The Kier molecular flexibility index (Phi) is 6.66. The number of halogens is 1. The van der Waals surface area contributed by atoms with Gasteiger partial charge in [0.15, 0.2) is 0 Å². The van der Waals surface area contributed by atoms with Gasteiger partial charge in [-0.05, 0) is 49.6 Å². The van der Waals surface area contributed by atoms with Gasteiger partial charge in [0.1, 0.15) is 9.77 Å². The van der Waals surface area contributed by atoms with Gasteiger partial charge in [0, 0.05) is 19.1 Å². The molecule has 2 aliphatic rings. The first-order valence-corrected chi connectivity index (χ1v) is 10.2. The lowest BCUT2D eigenvalue weighted by Gasteiger charge is -2.31. The second-order valence-corrected chi connectivity index (χ2v) is 8.96. The number of methoxy groups -OCH3 is 1. The van der Waals surface area contributed by atoms with Crippen LogP contribution in [0.25, 0.3) is 0 Å². The fourth-order valence-electron chi connectivity index (χ4n) is 2.84. The van der Waals surface area contributed by atoms with Gasteiger partial charge in [-0.2, -0.15) is 4.31 Å². The average Bonchev–Trinajstić information content (AvgIpc) is 3.25. The molecular formula is C15H23ClN2O4S2. The Hall–Kier alpha value is -0.670. The molecule has 1 N–H and O–H groups in total. The number of nitrogens with one attached hydrogen (secondary N) is 1. The van der Waals surface area contributed by atoms with Crippen molar-refractivity contribution >= 4 is 39.7 Å². The zero-order chi connectivity index (χ0) is 16.4. The van der Waals surface area contributed by atoms with Gasteiger partial charge >= 0.3 is 5.97 Å². The van der Waals surface area contributed by atoms with Gasteiger partial charge in [-0.25, -0.2) is 13.2 Å². The highest BCUT2D eigenvalue weighted by molar-refractivity contribution is 7.89. The van der Waals surface area contributed by atoms with Gasteiger partial charge in [0.25, 0.3) is 0 Å². The fraction of sp³-hybridized carbons (Fsp3) is 0.667. The van der Waals surface area contributed by atoms with E-state index in [0.29, 0.717) is 19.1 Å². The average molecular weight is 395 g/mol. The number of thiophene rings is 1. The fourth-order valence-corrected chi connectivity index (χ4v) is 5.61. The summed E-state index contributed by atoms with van der Waals surface area (Å²) < 4.78 is 31.7. The highest BCUT2D eigenvalue weighted by Gasteiger charge is 2.33. The third-order valence-corrected chi connectivity index (χ3v) is 7.43. The van der Waals surface area contributed by atoms with E-state index >= 15 is 0 Å². The predicted octanol–water partition coefficient (Wildman–Crippen LogP) is 2.11. The number of carbonyl (C=O) groups excluding carboxylic acids is 1. The molecule has 6 nitrogen and oxygen atoms in total. The maximum absolute atomic E-state index is 12.8. The minimum absolute atomic E-state index is 0. The van der Waals surface area contributed by atoms with E-state index < -0.39 is 16.0 Å². The molecule has 136 valence electrons. The molecule has 2 fully saturated rings. The Bertz CT molecular complexity index is 665. The molecule has 0 radical (unpaired) electrons. The normalized spacial score (nSPS) is 19.7. The number of hydrogen-bond donors (Lipinski definition) is 1. The molecule has 0 bridgehead atoms. The first-order valence-electron chi connectivity index (χ1n) is 7.91. The highest BCUT2D eigenvalue weighted by Crippen LogP contribution is 2.29. The second-order valence-electron chi connectivity index (χ2n) is 6.14. The van der Waals surface area contributed by atoms with E-state index in [1.165, 1.54) is 30.3 Å². The predicted molar refractivity (Wildman–Crippen MR) is 95.4 cm³/mol. The first-order chi connectivity index (χ1) is 11.0. The molecule has 24 heavy (non-hydrogen) atoms. The van der Waals surface area contributed by atoms with E-state index in [4.69, 9.17) is 0 Å². The molecule has 1 aliphatic heterocycles. The van der Waals surface area contributed by atoms with Crippen LogP contribution in [-0.4, -0.2) is 51.5 Å². The van der Waals surface area contributed by atoms with Crippen LogP contribution in [0.5, 0.6) is 0 Å². The van der Waals surface area contributed by atoms with Crippen LogP contribution in [0.3, 0.4) is 0 Å². The third kappa shape index (κ3) is 4.29. The van der Waals surface area contributed by atoms with Crippen molar-refractivity contribution in [2.45, 2.75) is 36.6 Å². The number of nitrogens with zero attached hydrogens (tertiary/aromatic N) is 1. The molecule has 0 amide bonds. The van der Waals surface area contributed by atoms with Crippen molar-refractivity contribution in [2.75, 3.05) is 26.7 Å². The quantitative estimate of drug-likeness (QED) is 0.748. The Labute approximate surface area is 153 Å². The molecule has 0 unspecified atom stereocenters. The maximum Gasteiger partial charge on any atom is 0.349 e. The molecule has 0 spiro atoms. The molecule has 1 saturated heterocycles. The molecular weight excluding hydrogens is 372 g/mol. The molecule has 3 rings (SSSR count). The zero-order valence-electron chi connectivity index (χ0n) is 13.6. The maximum atomic E-state index is 12.8. The van der Waals surface area contributed by atoms with Crippen molar-refractivity contribution in [3.8, 4) is 0 Å². The van der Waals surface area contributed by atoms with E-state index in [2.05, 4.69) is 10.1 Å². The SMILES string of the molecule is COC(=O)c1sccc1S(=O)(=O)N1CCC(NCC2CC2)CC1.Cl. The molecule has 1 aromatic heterocycles. The molecule has 1 aliphatic carbocycles. The molecule has 1 aromatic rings. The number of rotatable bonds is 6. The van der Waals surface area contributed by atoms with Crippen LogP contribution >= 0.6 is 23.7 Å². The van der Waals surface area contributed by atoms with Crippen LogP contribution in [-0.2, 0) is 14.8 Å². The minimum atomic E-state index is -3.63. The van der Waals surface area contributed by atoms with Gasteiger partial charge in [-0.1, -0.05) is 0 Å². The Morgan fingerprint density at radius 3 is 2.58 bits per heavy atom. The first kappa shape index (κ1) is 19.7. The number of carbonyl (C=O) groups is 1. The number of esters is 1. The summed E-state index contributed by atoms with van der Waals surface area (Å²) in [6.07, 6.45) is 4.25. The van der Waals surface area contributed by atoms with E-state index in [-0.39, 0.29) is 22.2 Å². The lowest BCUT2D eigenvalue weighted by molar-refractivity contribution is 0.0602. The molecule has 0 aromatic carbocycles. The summed E-state index contributed by atoms with van der Waals surface area (Å²) in [6, 6.07) is 1.88. The standard InChI is InChI=1S/C15H22N2O4S2.ClH/c1-21-15(18)14-13(6-9-22-14)23(19,20)17-7-4-12(5-8-17)16-10-11-2-3-11;/h6,9,11-12,16H,2-5,7-8,10H2,1H3;1H. The topological polar surface area (TPSA) is 75.7 Å². The number of hydrogen-bond acceptors (Lipinski definition) is 6. The minimum Gasteiger partial charge on any atom is -0.465 e. The van der Waals surface area contributed by atoms with E-state index in [9.17, 15) is 13.2 Å². The van der Waals surface area contributed by atoms with Crippen LogP contribution in [0.4, 0.5) is 0 Å². The Morgan fingerprint density at radius 1 is 1.33 bits per heavy atom. The van der Waals surface area contributed by atoms with Gasteiger partial charge in [-0.3, -0.25) is 0 Å². The second kappa shape index (κ2) is 8.14. The monoisotopic (exact) mass is 394 g/mol. The summed E-state index contributed by atoms with van der Waals surface area (Å²) in [5.41, 5.74) is 0. The van der Waals surface area contributed by atoms with Gasteiger partial charge in [0.2, 0.25) is 10.0 Å². The van der Waals surface area contributed by atoms with Crippen LogP contribution in [0.2, 0.25) is 0 Å². The zero-order valence-corrected chi connectivity index (χ0v) is 16.0. The van der Waals surface area contributed by atoms with Crippen molar-refractivity contribution < 1.29 is 17.9 Å². The molecule has 2 heterocycles. The Balaban J connectivity index is 0.00000208. The number of ether oxygens (including phenoxy) is 1. The summed E-state index contributed by atoms with van der Waals surface area (Å²) in [6.45, 7) is 2.02. The lowest BCUT2D eigenvalue weighted by atomic mass is 10.1. The van der Waals surface area contributed by atoms with Gasteiger partial charge < -0.3 is 10.1 Å². The summed E-state index contributed by atoms with van der Waals surface area (Å²) >= 11 is 1.10. The summed E-state index contributed by atoms with van der Waals surface area (Å²) in [4.78, 5) is 11.9. The summed E-state index contributed by atoms with van der Waals surface area (Å²) in [5, 5.41) is 5.15. The van der Waals surface area contributed by atoms with Crippen LogP contribution < -0.4 is 5.32 Å². The van der Waals surface area contributed by atoms with Crippen molar-refractivity contribution in [1.29, 1.82) is 0 Å². The Morgan fingerprint density at radius 2 is 2.00 bits per heavy atom. The number of sulfonamides is 1. The molecule has 9 heteroatoms. The van der Waals surface area contributed by atoms with E-state index in [1.54, 1.807) is 5.38 Å². The van der Waals surface area contributed by atoms with Crippen molar-refractivity contribution in [2.24, 2.45) is 5.92 Å². The number of piperidine rings is 1. The third-order valence-electron chi connectivity index (χ3n) is 4.46. The van der Waals surface area contributed by atoms with Crippen LogP contribution in [0, 0.1) is 5.92 Å². The van der Waals surface area contributed by atoms with Crippen molar-refractivity contribution in [3.05, 3.63) is 16.3 Å². The van der Waals surface area contributed by atoms with Crippen LogP contribution in [0.1, 0.15) is 35.4 Å². The summed E-state index contributed by atoms with van der Waals surface area (Å²) in [7, 11) is -2.37. The van der Waals surface area contributed by atoms with Crippen molar-refractivity contribution in [1.82, 2.24) is 9.62 Å². The largest absolute Gasteiger partial charge is 0.465 e. The van der Waals surface area contributed by atoms with Gasteiger partial charge in [-0.15, -0.1) is 23.7 Å². The molecule has 0 atom stereocenters. The summed E-state index contributed by atoms with van der Waals surface area (Å²) in [5.74, 6) is 0.227. The van der Waals surface area contributed by atoms with Crippen molar-refractivity contribution in [3.63, 3.8) is 0 Å². The smallest absolute Gasteiger partial charge is 0.349 e. The van der Waals surface area contributed by atoms with E-state index in [0.717, 1.165) is 36.6 Å². The van der Waals surface area contributed by atoms with Gasteiger partial charge in [0.05, 0.1) is 7.11 Å². The van der Waals surface area contributed by atoms with Crippen LogP contribution in [0.15, 0.2) is 16.3 Å². The lowest BCUT2D eigenvalue weighted by Crippen LogP contribution is -2.45. The molecule has 1 saturated carbocycles. The van der Waals surface area contributed by atoms with E-state index in [1.807, 2.05) is 0 Å². The highest BCUT2D eigenvalue weighted by atomic mass is 35.5.